The van der Waals surface area contributed by atoms with Crippen LogP contribution in [0.3, 0.4) is 0 Å². The molecular formula is C42H75N11O13S2. The van der Waals surface area contributed by atoms with E-state index in [2.05, 4.69) is 47.9 Å². The molecule has 0 fully saturated rings. The predicted octanol–water partition coefficient (Wildman–Crippen LogP) is -2.73. The molecule has 9 amide bonds. The van der Waals surface area contributed by atoms with Crippen LogP contribution in [0.1, 0.15) is 92.9 Å². The summed E-state index contributed by atoms with van der Waals surface area (Å²) in [5.74, 6) is -9.08. The SMILES string of the molecule is CSCC[C@H](NC(=O)[C@@H](N)CCSC)C(=O)N[C@@H](CC(=O)O)C(=O)N[C@@H](CCCCN)C(=O)N[C@@H](C)C(=O)NCC(=O)N[C@@H](CC(C)C)C(=O)N[C@@H](CC(C)C)C(=O)N[C@@H](C)C(=O)NCC(=O)O. The third-order valence-electron chi connectivity index (χ3n) is 9.85. The van der Waals surface area contributed by atoms with Crippen molar-refractivity contribution in [3.8, 4) is 0 Å². The van der Waals surface area contributed by atoms with Gasteiger partial charge in [-0.15, -0.1) is 0 Å². The lowest BCUT2D eigenvalue weighted by atomic mass is 10.00. The van der Waals surface area contributed by atoms with Crippen LogP contribution in [-0.4, -0.2) is 167 Å². The Hall–Kier alpha value is -5.21. The zero-order valence-corrected chi connectivity index (χ0v) is 42.0. The standard InChI is InChI=1S/C42H75N11O13S2/c1-22(2)17-29(41(65)52-30(18-23(3)4)40(64)48-25(6)36(60)46-21-34(57)58)49-32(54)20-45-35(59)24(5)47-38(62)27(11-9-10-14-43)51-42(66)31(19-33(55)56)53-39(63)28(13-16-68-8)50-37(61)26(44)12-15-67-7/h22-31H,9-21,43-44H2,1-8H3,(H,45,59)(H,46,60)(H,47,62)(H,48,64)(H,49,54)(H,50,61)(H,51,66)(H,52,65)(H,53,63)(H,55,56)(H,57,58)/t24-,25-,26-,27-,28-,29-,30-,31-/m0/s1. The van der Waals surface area contributed by atoms with E-state index in [0.29, 0.717) is 30.8 Å². The molecule has 388 valence electrons. The summed E-state index contributed by atoms with van der Waals surface area (Å²) in [5.41, 5.74) is 11.6. The zero-order chi connectivity index (χ0) is 52.1. The van der Waals surface area contributed by atoms with Gasteiger partial charge in [0.2, 0.25) is 53.2 Å². The molecule has 0 aromatic heterocycles. The molecule has 26 heteroatoms. The van der Waals surface area contributed by atoms with Gasteiger partial charge in [0.25, 0.3) is 0 Å². The summed E-state index contributed by atoms with van der Waals surface area (Å²) in [6.07, 6.45) is 4.26. The molecule has 0 aromatic carbocycles. The summed E-state index contributed by atoms with van der Waals surface area (Å²) in [6, 6.07) is -9.83. The Morgan fingerprint density at radius 1 is 0.471 bits per heavy atom. The largest absolute Gasteiger partial charge is 0.481 e. The molecule has 0 saturated carbocycles. The fourth-order valence-electron chi connectivity index (χ4n) is 6.17. The highest BCUT2D eigenvalue weighted by atomic mass is 32.2. The molecule has 0 radical (unpaired) electrons. The molecule has 0 aliphatic heterocycles. The van der Waals surface area contributed by atoms with Crippen molar-refractivity contribution < 1.29 is 63.0 Å². The Morgan fingerprint density at radius 3 is 1.38 bits per heavy atom. The first kappa shape index (κ1) is 62.8. The van der Waals surface area contributed by atoms with Crippen molar-refractivity contribution in [1.82, 2.24) is 47.9 Å². The normalized spacial score (nSPS) is 14.6. The Labute approximate surface area is 406 Å². The molecule has 0 aromatic rings. The lowest BCUT2D eigenvalue weighted by Crippen LogP contribution is -2.59. The average Bonchev–Trinajstić information content (AvgIpc) is 3.25. The van der Waals surface area contributed by atoms with E-state index in [1.54, 1.807) is 34.0 Å². The molecule has 0 spiro atoms. The Balaban J connectivity index is 5.91. The quantitative estimate of drug-likeness (QED) is 0.0287. The van der Waals surface area contributed by atoms with Crippen LogP contribution < -0.4 is 59.3 Å². The lowest BCUT2D eigenvalue weighted by Gasteiger charge is -2.26. The second-order valence-electron chi connectivity index (χ2n) is 17.0. The number of carbonyl (C=O) groups excluding carboxylic acids is 9. The smallest absolute Gasteiger partial charge is 0.322 e. The summed E-state index contributed by atoms with van der Waals surface area (Å²) in [7, 11) is 0. The zero-order valence-electron chi connectivity index (χ0n) is 40.3. The Bertz CT molecular complexity index is 1710. The second kappa shape index (κ2) is 34.1. The minimum atomic E-state index is -1.68. The number of carboxylic acids is 2. The van der Waals surface area contributed by atoms with Crippen LogP contribution in [0.25, 0.3) is 0 Å². The summed E-state index contributed by atoms with van der Waals surface area (Å²) in [4.78, 5) is 141. The van der Waals surface area contributed by atoms with E-state index in [1.807, 2.05) is 6.26 Å². The Kier molecular flexibility index (Phi) is 31.5. The van der Waals surface area contributed by atoms with E-state index in [0.717, 1.165) is 0 Å². The van der Waals surface area contributed by atoms with Crippen molar-refractivity contribution in [2.24, 2.45) is 23.3 Å². The first-order valence-electron chi connectivity index (χ1n) is 22.4. The molecule has 0 rings (SSSR count). The van der Waals surface area contributed by atoms with Gasteiger partial charge in [-0.05, 0) is 101 Å². The predicted molar refractivity (Wildman–Crippen MR) is 257 cm³/mol. The number of nitrogens with two attached hydrogens (primary N) is 2. The van der Waals surface area contributed by atoms with Gasteiger partial charge in [0.05, 0.1) is 19.0 Å². The summed E-state index contributed by atoms with van der Waals surface area (Å²) in [5, 5.41) is 40.5. The molecule has 0 aliphatic rings. The van der Waals surface area contributed by atoms with Gasteiger partial charge in [-0.3, -0.25) is 52.7 Å². The molecular weight excluding hydrogens is 931 g/mol. The average molecular weight is 1010 g/mol. The fraction of sp³-hybridized carbons (Fsp3) is 0.738. The van der Waals surface area contributed by atoms with Crippen molar-refractivity contribution in [2.75, 3.05) is 43.7 Å². The van der Waals surface area contributed by atoms with Crippen LogP contribution >= 0.6 is 23.5 Å². The maximum absolute atomic E-state index is 13.6. The lowest BCUT2D eigenvalue weighted by molar-refractivity contribution is -0.141. The summed E-state index contributed by atoms with van der Waals surface area (Å²) < 4.78 is 0. The molecule has 0 unspecified atom stereocenters. The van der Waals surface area contributed by atoms with E-state index in [4.69, 9.17) is 16.6 Å². The number of nitrogens with one attached hydrogen (secondary N) is 9. The van der Waals surface area contributed by atoms with E-state index < -0.39 is 133 Å². The summed E-state index contributed by atoms with van der Waals surface area (Å²) in [6.45, 7) is 8.77. The van der Waals surface area contributed by atoms with Crippen molar-refractivity contribution >= 4 is 88.6 Å². The van der Waals surface area contributed by atoms with Crippen LogP contribution in [0, 0.1) is 11.8 Å². The van der Waals surface area contributed by atoms with Crippen LogP contribution in [-0.2, 0) is 52.7 Å². The van der Waals surface area contributed by atoms with E-state index >= 15 is 0 Å². The van der Waals surface area contributed by atoms with Gasteiger partial charge in [-0.25, -0.2) is 0 Å². The molecule has 24 nitrogen and oxygen atoms in total. The van der Waals surface area contributed by atoms with Crippen molar-refractivity contribution in [2.45, 2.75) is 141 Å². The van der Waals surface area contributed by atoms with Crippen molar-refractivity contribution in [1.29, 1.82) is 0 Å². The number of amides is 9. The minimum absolute atomic E-state index is 0.000263. The van der Waals surface area contributed by atoms with Gasteiger partial charge in [0.15, 0.2) is 0 Å². The van der Waals surface area contributed by atoms with Crippen LogP contribution in [0.5, 0.6) is 0 Å². The highest BCUT2D eigenvalue weighted by Gasteiger charge is 2.33. The Morgan fingerprint density at radius 2 is 0.882 bits per heavy atom. The number of rotatable bonds is 35. The molecule has 0 heterocycles. The number of carbonyl (C=O) groups is 11. The van der Waals surface area contributed by atoms with E-state index in [9.17, 15) is 57.8 Å². The van der Waals surface area contributed by atoms with E-state index in [-0.39, 0.29) is 44.1 Å². The first-order chi connectivity index (χ1) is 31.9. The third-order valence-corrected chi connectivity index (χ3v) is 11.1. The van der Waals surface area contributed by atoms with Crippen LogP contribution in [0.2, 0.25) is 0 Å². The van der Waals surface area contributed by atoms with Gasteiger partial charge in [0.1, 0.15) is 48.8 Å². The van der Waals surface area contributed by atoms with Crippen molar-refractivity contribution in [3.05, 3.63) is 0 Å². The second-order valence-corrected chi connectivity index (χ2v) is 18.9. The minimum Gasteiger partial charge on any atom is -0.481 e. The maximum Gasteiger partial charge on any atom is 0.322 e. The van der Waals surface area contributed by atoms with Gasteiger partial charge < -0.3 is 69.5 Å². The molecule has 8 atom stereocenters. The number of hydrogen-bond donors (Lipinski definition) is 13. The number of hydrogen-bond acceptors (Lipinski definition) is 15. The number of unbranched alkanes of at least 4 members (excludes halogenated alkanes) is 1. The molecule has 15 N–H and O–H groups in total. The fourth-order valence-corrected chi connectivity index (χ4v) is 7.13. The molecule has 0 saturated heterocycles. The number of thioether (sulfide) groups is 2. The van der Waals surface area contributed by atoms with Gasteiger partial charge in [-0.1, -0.05) is 27.7 Å². The summed E-state index contributed by atoms with van der Waals surface area (Å²) >= 11 is 2.88. The third kappa shape index (κ3) is 27.0. The van der Waals surface area contributed by atoms with E-state index in [1.165, 1.54) is 37.4 Å². The van der Waals surface area contributed by atoms with Crippen LogP contribution in [0.4, 0.5) is 0 Å². The topological polar surface area (TPSA) is 389 Å². The highest BCUT2D eigenvalue weighted by Crippen LogP contribution is 2.11. The number of carboxylic acid groups (broad SMARTS) is 2. The van der Waals surface area contributed by atoms with Crippen molar-refractivity contribution in [3.63, 3.8) is 0 Å². The van der Waals surface area contributed by atoms with Gasteiger partial charge >= 0.3 is 11.9 Å². The highest BCUT2D eigenvalue weighted by molar-refractivity contribution is 7.98. The molecule has 68 heavy (non-hydrogen) atoms. The molecule has 0 aliphatic carbocycles. The van der Waals surface area contributed by atoms with Gasteiger partial charge in [-0.2, -0.15) is 23.5 Å². The first-order valence-corrected chi connectivity index (χ1v) is 25.2. The monoisotopic (exact) mass is 1010 g/mol. The maximum atomic E-state index is 13.6. The number of aliphatic carboxylic acids is 2. The van der Waals surface area contributed by atoms with Crippen LogP contribution in [0.15, 0.2) is 0 Å². The molecule has 0 bridgehead atoms. The van der Waals surface area contributed by atoms with Gasteiger partial charge in [0, 0.05) is 0 Å².